The van der Waals surface area contributed by atoms with E-state index in [9.17, 15) is 26.4 Å². The van der Waals surface area contributed by atoms with E-state index in [1.165, 1.54) is 7.11 Å². The molecular formula is C21H29F3N2O4S. The maximum Gasteiger partial charge on any atom is 0.224 e. The van der Waals surface area contributed by atoms with E-state index >= 15 is 0 Å². The first-order chi connectivity index (χ1) is 14.6. The van der Waals surface area contributed by atoms with Crippen molar-refractivity contribution < 1.29 is 31.1 Å². The highest BCUT2D eigenvalue weighted by molar-refractivity contribution is 7.91. The molecule has 1 amide bonds. The Balaban J connectivity index is 1.58. The zero-order valence-electron chi connectivity index (χ0n) is 17.5. The lowest BCUT2D eigenvalue weighted by Crippen LogP contribution is -2.50. The van der Waals surface area contributed by atoms with Gasteiger partial charge in [0.15, 0.2) is 21.5 Å². The summed E-state index contributed by atoms with van der Waals surface area (Å²) < 4.78 is 69.4. The largest absolute Gasteiger partial charge is 0.384 e. The van der Waals surface area contributed by atoms with Gasteiger partial charge in [-0.2, -0.15) is 0 Å². The Kier molecular flexibility index (Phi) is 7.64. The first-order valence-corrected chi connectivity index (χ1v) is 12.3. The molecule has 0 saturated carbocycles. The predicted octanol–water partition coefficient (Wildman–Crippen LogP) is 2.19. The van der Waals surface area contributed by atoms with Gasteiger partial charge in [-0.25, -0.2) is 21.6 Å². The quantitative estimate of drug-likeness (QED) is 0.569. The summed E-state index contributed by atoms with van der Waals surface area (Å²) in [5.41, 5.74) is 6.34. The summed E-state index contributed by atoms with van der Waals surface area (Å²) >= 11 is 0. The number of ether oxygens (including phenoxy) is 1. The number of sulfone groups is 1. The van der Waals surface area contributed by atoms with Crippen LogP contribution in [0.3, 0.4) is 0 Å². The van der Waals surface area contributed by atoms with E-state index < -0.39 is 33.3 Å². The number of rotatable bonds is 9. The molecule has 1 aromatic carbocycles. The summed E-state index contributed by atoms with van der Waals surface area (Å²) in [5, 5.41) is 0. The Labute approximate surface area is 180 Å². The number of amides is 1. The normalized spacial score (nSPS) is 24.4. The summed E-state index contributed by atoms with van der Waals surface area (Å²) in [5.74, 6) is -3.63. The van der Waals surface area contributed by atoms with Crippen molar-refractivity contribution >= 4 is 15.7 Å². The fourth-order valence-corrected chi connectivity index (χ4v) is 5.91. The van der Waals surface area contributed by atoms with Crippen molar-refractivity contribution in [3.63, 3.8) is 0 Å². The fraction of sp³-hybridized carbons (Fsp3) is 0.667. The third-order valence-electron chi connectivity index (χ3n) is 6.43. The third-order valence-corrected chi connectivity index (χ3v) is 8.05. The lowest BCUT2D eigenvalue weighted by atomic mass is 9.82. The van der Waals surface area contributed by atoms with E-state index in [0.29, 0.717) is 18.9 Å². The van der Waals surface area contributed by atoms with Gasteiger partial charge in [-0.15, -0.1) is 0 Å². The van der Waals surface area contributed by atoms with Crippen LogP contribution < -0.4 is 5.73 Å². The molecule has 1 aromatic rings. The Morgan fingerprint density at radius 2 is 1.74 bits per heavy atom. The lowest BCUT2D eigenvalue weighted by Gasteiger charge is -2.41. The zero-order chi connectivity index (χ0) is 22.8. The minimum Gasteiger partial charge on any atom is -0.384 e. The maximum absolute atomic E-state index is 14.0. The van der Waals surface area contributed by atoms with Crippen molar-refractivity contribution in [3.8, 4) is 0 Å². The highest BCUT2D eigenvalue weighted by atomic mass is 32.2. The molecule has 2 aliphatic rings. The highest BCUT2D eigenvalue weighted by Crippen LogP contribution is 2.40. The van der Waals surface area contributed by atoms with Gasteiger partial charge in [0.2, 0.25) is 5.91 Å². The smallest absolute Gasteiger partial charge is 0.224 e. The third kappa shape index (κ3) is 5.78. The monoisotopic (exact) mass is 462 g/mol. The number of nitrogens with two attached hydrogens (primary N) is 1. The van der Waals surface area contributed by atoms with Crippen molar-refractivity contribution in [3.05, 3.63) is 35.1 Å². The number of fused-ring (bicyclic) bond motifs is 2. The number of halogens is 3. The SMILES string of the molecule is COCCS(=O)(=O)CCC(=O)N1[C@@H]2CC[C@H]1C[C@@H]([C@H](N)Cc1cc(F)c(F)cc1F)C2. The molecule has 3 rings (SSSR count). The summed E-state index contributed by atoms with van der Waals surface area (Å²) in [6, 6.07) is 0.872. The Hall–Kier alpha value is -1.65. The topological polar surface area (TPSA) is 89.7 Å². The molecule has 10 heteroatoms. The van der Waals surface area contributed by atoms with Gasteiger partial charge in [-0.3, -0.25) is 4.79 Å². The Bertz CT molecular complexity index is 898. The zero-order valence-corrected chi connectivity index (χ0v) is 18.3. The molecule has 2 saturated heterocycles. The lowest BCUT2D eigenvalue weighted by molar-refractivity contribution is -0.136. The van der Waals surface area contributed by atoms with Crippen LogP contribution in [0.15, 0.2) is 12.1 Å². The second kappa shape index (κ2) is 9.87. The van der Waals surface area contributed by atoms with Crippen LogP contribution >= 0.6 is 0 Å². The fourth-order valence-electron chi connectivity index (χ4n) is 4.80. The molecule has 0 spiro atoms. The number of carbonyl (C=O) groups excluding carboxylic acids is 1. The molecule has 0 radical (unpaired) electrons. The van der Waals surface area contributed by atoms with Crippen LogP contribution in [0.1, 0.15) is 37.7 Å². The number of carbonyl (C=O) groups is 1. The van der Waals surface area contributed by atoms with Gasteiger partial charge >= 0.3 is 0 Å². The molecule has 2 N–H and O–H groups in total. The summed E-state index contributed by atoms with van der Waals surface area (Å²) in [7, 11) is -1.92. The van der Waals surface area contributed by atoms with Crippen molar-refractivity contribution in [2.24, 2.45) is 11.7 Å². The summed E-state index contributed by atoms with van der Waals surface area (Å²) in [6.07, 6.45) is 2.91. The van der Waals surface area contributed by atoms with Crippen molar-refractivity contribution in [2.75, 3.05) is 25.2 Å². The minimum atomic E-state index is -3.35. The average Bonchev–Trinajstić information content (AvgIpc) is 2.98. The van der Waals surface area contributed by atoms with E-state index in [1.54, 1.807) is 4.90 Å². The van der Waals surface area contributed by atoms with Crippen LogP contribution in [0.5, 0.6) is 0 Å². The first kappa shape index (κ1) is 24.0. The summed E-state index contributed by atoms with van der Waals surface area (Å²) in [4.78, 5) is 14.5. The first-order valence-electron chi connectivity index (χ1n) is 10.5. The van der Waals surface area contributed by atoms with Gasteiger partial charge in [0.1, 0.15) is 5.82 Å². The number of methoxy groups -OCH3 is 1. The number of benzene rings is 1. The van der Waals surface area contributed by atoms with Gasteiger partial charge in [0, 0.05) is 37.7 Å². The molecule has 0 aliphatic carbocycles. The molecule has 4 atom stereocenters. The van der Waals surface area contributed by atoms with Crippen LogP contribution in [-0.2, 0) is 25.8 Å². The highest BCUT2D eigenvalue weighted by Gasteiger charge is 2.44. The molecule has 2 aliphatic heterocycles. The van der Waals surface area contributed by atoms with Gasteiger partial charge in [-0.1, -0.05) is 0 Å². The molecule has 0 aromatic heterocycles. The molecule has 174 valence electrons. The maximum atomic E-state index is 14.0. The van der Waals surface area contributed by atoms with Gasteiger partial charge in [-0.05, 0) is 49.7 Å². The predicted molar refractivity (Wildman–Crippen MR) is 110 cm³/mol. The number of nitrogens with zero attached hydrogens (tertiary/aromatic N) is 1. The average molecular weight is 463 g/mol. The second-order valence-electron chi connectivity index (χ2n) is 8.54. The van der Waals surface area contributed by atoms with E-state index in [-0.39, 0.29) is 60.4 Å². The number of hydrogen-bond donors (Lipinski definition) is 1. The standard InChI is InChI=1S/C21H29F3N2O4S/c1-30-5-7-31(28,29)6-4-21(27)26-15-2-3-16(26)9-14(8-15)20(25)11-13-10-18(23)19(24)12-17(13)22/h10,12,14-16,20H,2-9,11,25H2,1H3/t14-,15+,16-,20-/m1/s1. The van der Waals surface area contributed by atoms with Crippen molar-refractivity contribution in [1.29, 1.82) is 0 Å². The minimum absolute atomic E-state index is 0.0134. The van der Waals surface area contributed by atoms with Gasteiger partial charge < -0.3 is 15.4 Å². The van der Waals surface area contributed by atoms with E-state index in [1.807, 2.05) is 0 Å². The van der Waals surface area contributed by atoms with E-state index in [2.05, 4.69) is 0 Å². The molecule has 2 fully saturated rings. The molecule has 6 nitrogen and oxygen atoms in total. The van der Waals surface area contributed by atoms with Gasteiger partial charge in [0.25, 0.3) is 0 Å². The van der Waals surface area contributed by atoms with Gasteiger partial charge in [0.05, 0.1) is 18.1 Å². The van der Waals surface area contributed by atoms with E-state index in [4.69, 9.17) is 10.5 Å². The van der Waals surface area contributed by atoms with Crippen molar-refractivity contribution in [2.45, 2.75) is 56.7 Å². The van der Waals surface area contributed by atoms with Crippen LogP contribution in [0.2, 0.25) is 0 Å². The van der Waals surface area contributed by atoms with Crippen LogP contribution in [0.25, 0.3) is 0 Å². The Morgan fingerprint density at radius 3 is 2.35 bits per heavy atom. The molecular weight excluding hydrogens is 433 g/mol. The van der Waals surface area contributed by atoms with Crippen LogP contribution in [0, 0.1) is 23.4 Å². The van der Waals surface area contributed by atoms with Crippen LogP contribution in [0.4, 0.5) is 13.2 Å². The molecule has 31 heavy (non-hydrogen) atoms. The molecule has 2 heterocycles. The number of hydrogen-bond acceptors (Lipinski definition) is 5. The molecule has 0 unspecified atom stereocenters. The summed E-state index contributed by atoms with van der Waals surface area (Å²) in [6.45, 7) is 0.101. The molecule has 2 bridgehead atoms. The van der Waals surface area contributed by atoms with E-state index in [0.717, 1.165) is 18.9 Å². The van der Waals surface area contributed by atoms with Crippen LogP contribution in [-0.4, -0.2) is 62.6 Å². The second-order valence-corrected chi connectivity index (χ2v) is 10.8. The number of piperidine rings is 1. The van der Waals surface area contributed by atoms with Crippen molar-refractivity contribution in [1.82, 2.24) is 4.90 Å². The Morgan fingerprint density at radius 1 is 1.13 bits per heavy atom.